The number of halogens is 2. The van der Waals surface area contributed by atoms with Crippen LogP contribution in [-0.2, 0) is 6.42 Å². The fraction of sp³-hybridized carbons (Fsp3) is 0.0526. The summed E-state index contributed by atoms with van der Waals surface area (Å²) in [4.78, 5) is 0. The third-order valence-corrected chi connectivity index (χ3v) is 4.09. The Morgan fingerprint density at radius 2 is 1.24 bits per heavy atom. The first kappa shape index (κ1) is 12.3. The van der Waals surface area contributed by atoms with Crippen LogP contribution in [0.1, 0.15) is 11.1 Å². The highest BCUT2D eigenvalue weighted by Gasteiger charge is 2.22. The number of benzene rings is 3. The maximum absolute atomic E-state index is 14.1. The molecule has 1 aliphatic rings. The molecule has 1 aliphatic carbocycles. The van der Waals surface area contributed by atoms with Crippen molar-refractivity contribution in [1.29, 1.82) is 0 Å². The Morgan fingerprint density at radius 3 is 2.10 bits per heavy atom. The molecule has 0 unspecified atom stereocenters. The molecule has 102 valence electrons. The Labute approximate surface area is 121 Å². The Bertz CT molecular complexity index is 850. The summed E-state index contributed by atoms with van der Waals surface area (Å²) in [6.45, 7) is 0. The second kappa shape index (κ2) is 4.52. The number of rotatable bonds is 1. The van der Waals surface area contributed by atoms with Crippen molar-refractivity contribution in [3.05, 3.63) is 83.4 Å². The number of hydrogen-bond donors (Lipinski definition) is 0. The summed E-state index contributed by atoms with van der Waals surface area (Å²) in [6.07, 6.45) is 0.762. The van der Waals surface area contributed by atoms with Crippen LogP contribution in [0.5, 0.6) is 0 Å². The van der Waals surface area contributed by atoms with Crippen LogP contribution in [0.3, 0.4) is 0 Å². The summed E-state index contributed by atoms with van der Waals surface area (Å²) >= 11 is 0. The second-order valence-corrected chi connectivity index (χ2v) is 5.27. The summed E-state index contributed by atoms with van der Waals surface area (Å²) in [6, 6.07) is 18.3. The Kier molecular flexibility index (Phi) is 2.64. The van der Waals surface area contributed by atoms with E-state index in [1.807, 2.05) is 30.3 Å². The highest BCUT2D eigenvalue weighted by Crippen LogP contribution is 2.41. The molecule has 0 saturated heterocycles. The second-order valence-electron chi connectivity index (χ2n) is 5.27. The third kappa shape index (κ3) is 1.79. The molecule has 3 aromatic rings. The lowest BCUT2D eigenvalue weighted by molar-refractivity contribution is 0.511. The van der Waals surface area contributed by atoms with Gasteiger partial charge < -0.3 is 0 Å². The first-order valence-electron chi connectivity index (χ1n) is 6.90. The Balaban J connectivity index is 1.97. The van der Waals surface area contributed by atoms with E-state index in [-0.39, 0.29) is 0 Å². The van der Waals surface area contributed by atoms with Gasteiger partial charge in [-0.2, -0.15) is 0 Å². The van der Waals surface area contributed by atoms with Crippen molar-refractivity contribution >= 4 is 0 Å². The van der Waals surface area contributed by atoms with Crippen molar-refractivity contribution < 1.29 is 8.78 Å². The van der Waals surface area contributed by atoms with Crippen LogP contribution >= 0.6 is 0 Å². The minimum Gasteiger partial charge on any atom is -0.204 e. The van der Waals surface area contributed by atoms with Gasteiger partial charge in [-0.05, 0) is 40.3 Å². The van der Waals surface area contributed by atoms with E-state index in [0.717, 1.165) is 29.2 Å². The molecule has 0 bridgehead atoms. The first-order chi connectivity index (χ1) is 10.3. The average Bonchev–Trinajstić information content (AvgIpc) is 2.89. The van der Waals surface area contributed by atoms with Gasteiger partial charge in [0.1, 0.15) is 0 Å². The van der Waals surface area contributed by atoms with Gasteiger partial charge in [-0.1, -0.05) is 54.6 Å². The lowest BCUT2D eigenvalue weighted by Gasteiger charge is -2.10. The van der Waals surface area contributed by atoms with E-state index in [2.05, 4.69) is 12.1 Å². The normalized spacial score (nSPS) is 12.1. The Hall–Kier alpha value is -2.48. The van der Waals surface area contributed by atoms with E-state index < -0.39 is 11.6 Å². The summed E-state index contributed by atoms with van der Waals surface area (Å²) in [5.74, 6) is -1.58. The highest BCUT2D eigenvalue weighted by atomic mass is 19.2. The predicted octanol–water partition coefficient (Wildman–Crippen LogP) is 5.20. The topological polar surface area (TPSA) is 0 Å². The van der Waals surface area contributed by atoms with Crippen LogP contribution in [0.2, 0.25) is 0 Å². The summed E-state index contributed by atoms with van der Waals surface area (Å²) in [5.41, 5.74) is 5.72. The van der Waals surface area contributed by atoms with Gasteiger partial charge in [0.2, 0.25) is 0 Å². The van der Waals surface area contributed by atoms with Crippen molar-refractivity contribution in [2.24, 2.45) is 0 Å². The highest BCUT2D eigenvalue weighted by molar-refractivity contribution is 5.84. The molecule has 0 atom stereocenters. The molecule has 0 heterocycles. The quantitative estimate of drug-likeness (QED) is 0.449. The smallest absolute Gasteiger partial charge is 0.166 e. The summed E-state index contributed by atoms with van der Waals surface area (Å²) < 4.78 is 27.6. The van der Waals surface area contributed by atoms with Crippen LogP contribution in [0.4, 0.5) is 8.78 Å². The van der Waals surface area contributed by atoms with E-state index in [1.54, 1.807) is 12.1 Å². The minimum atomic E-state index is -0.805. The van der Waals surface area contributed by atoms with E-state index in [0.29, 0.717) is 5.56 Å². The van der Waals surface area contributed by atoms with Crippen LogP contribution in [0.25, 0.3) is 22.3 Å². The first-order valence-corrected chi connectivity index (χ1v) is 6.90. The number of hydrogen-bond acceptors (Lipinski definition) is 0. The van der Waals surface area contributed by atoms with Gasteiger partial charge in [0, 0.05) is 5.56 Å². The van der Waals surface area contributed by atoms with Crippen molar-refractivity contribution in [3.63, 3.8) is 0 Å². The molecule has 0 radical (unpaired) electrons. The Morgan fingerprint density at radius 1 is 0.619 bits per heavy atom. The van der Waals surface area contributed by atoms with Gasteiger partial charge in [-0.25, -0.2) is 8.78 Å². The fourth-order valence-corrected chi connectivity index (χ4v) is 3.12. The largest absolute Gasteiger partial charge is 0.204 e. The third-order valence-electron chi connectivity index (χ3n) is 4.09. The van der Waals surface area contributed by atoms with Gasteiger partial charge in [0.15, 0.2) is 11.6 Å². The van der Waals surface area contributed by atoms with Gasteiger partial charge in [-0.3, -0.25) is 0 Å². The summed E-state index contributed by atoms with van der Waals surface area (Å²) in [7, 11) is 0. The van der Waals surface area contributed by atoms with Crippen LogP contribution in [-0.4, -0.2) is 0 Å². The van der Waals surface area contributed by atoms with Gasteiger partial charge >= 0.3 is 0 Å². The van der Waals surface area contributed by atoms with Gasteiger partial charge in [0.25, 0.3) is 0 Å². The predicted molar refractivity (Wildman–Crippen MR) is 80.0 cm³/mol. The van der Waals surface area contributed by atoms with Crippen LogP contribution in [0.15, 0.2) is 60.7 Å². The molecule has 0 fully saturated rings. The molecular formula is C19H12F2. The average molecular weight is 278 g/mol. The lowest BCUT2D eigenvalue weighted by Crippen LogP contribution is -1.93. The van der Waals surface area contributed by atoms with Gasteiger partial charge in [-0.15, -0.1) is 0 Å². The zero-order valence-corrected chi connectivity index (χ0v) is 11.2. The zero-order valence-electron chi connectivity index (χ0n) is 11.2. The maximum Gasteiger partial charge on any atom is 0.166 e. The molecule has 2 heteroatoms. The SMILES string of the molecule is Fc1cccc(-c2cccc3c2Cc2ccccc2-3)c1F. The molecule has 0 spiro atoms. The molecular weight excluding hydrogens is 266 g/mol. The minimum absolute atomic E-state index is 0.333. The van der Waals surface area contributed by atoms with E-state index in [9.17, 15) is 8.78 Å². The standard InChI is InChI=1S/C19H12F2/c20-18-10-4-9-16(19(18)21)15-8-3-7-14-13-6-2-1-5-12(13)11-17(14)15/h1-10H,11H2. The van der Waals surface area contributed by atoms with Crippen molar-refractivity contribution in [2.45, 2.75) is 6.42 Å². The van der Waals surface area contributed by atoms with E-state index in [4.69, 9.17) is 0 Å². The van der Waals surface area contributed by atoms with Crippen molar-refractivity contribution in [3.8, 4) is 22.3 Å². The molecule has 0 aromatic heterocycles. The molecule has 0 saturated carbocycles. The summed E-state index contributed by atoms with van der Waals surface area (Å²) in [5, 5.41) is 0. The molecule has 0 N–H and O–H groups in total. The molecule has 0 nitrogen and oxygen atoms in total. The fourth-order valence-electron chi connectivity index (χ4n) is 3.12. The molecule has 21 heavy (non-hydrogen) atoms. The van der Waals surface area contributed by atoms with Crippen molar-refractivity contribution in [2.75, 3.05) is 0 Å². The number of fused-ring (bicyclic) bond motifs is 3. The molecule has 3 aromatic carbocycles. The monoisotopic (exact) mass is 278 g/mol. The maximum atomic E-state index is 14.1. The van der Waals surface area contributed by atoms with Crippen LogP contribution in [0, 0.1) is 11.6 Å². The lowest BCUT2D eigenvalue weighted by atomic mass is 9.95. The van der Waals surface area contributed by atoms with Gasteiger partial charge in [0.05, 0.1) is 0 Å². The molecule has 0 amide bonds. The van der Waals surface area contributed by atoms with Crippen molar-refractivity contribution in [1.82, 2.24) is 0 Å². The van der Waals surface area contributed by atoms with Crippen LogP contribution < -0.4 is 0 Å². The zero-order chi connectivity index (χ0) is 14.4. The van der Waals surface area contributed by atoms with E-state index in [1.165, 1.54) is 11.1 Å². The molecule has 4 rings (SSSR count). The van der Waals surface area contributed by atoms with E-state index >= 15 is 0 Å². The molecule has 0 aliphatic heterocycles.